The summed E-state index contributed by atoms with van der Waals surface area (Å²) in [7, 11) is 0. The largest absolute Gasteiger partial charge is 0.484 e. The highest BCUT2D eigenvalue weighted by molar-refractivity contribution is 6.30. The fourth-order valence-corrected chi connectivity index (χ4v) is 2.69. The van der Waals surface area contributed by atoms with Crippen LogP contribution in [0.3, 0.4) is 0 Å². The topological polar surface area (TPSA) is 66.0 Å². The lowest BCUT2D eigenvalue weighted by Crippen LogP contribution is -1.95. The van der Waals surface area contributed by atoms with Crippen molar-refractivity contribution in [3.8, 4) is 17.1 Å². The quantitative estimate of drug-likeness (QED) is 0.533. The van der Waals surface area contributed by atoms with Gasteiger partial charge in [-0.15, -0.1) is 0 Å². The third-order valence-corrected chi connectivity index (χ3v) is 4.12. The molecule has 0 aliphatic heterocycles. The second kappa shape index (κ2) is 6.57. The molecule has 0 saturated carbocycles. The Morgan fingerprint density at radius 2 is 2.00 bits per heavy atom. The van der Waals surface area contributed by atoms with Crippen LogP contribution in [0.25, 0.3) is 22.4 Å². The van der Waals surface area contributed by atoms with Gasteiger partial charge in [-0.2, -0.15) is 4.98 Å². The molecule has 25 heavy (non-hydrogen) atoms. The van der Waals surface area contributed by atoms with Gasteiger partial charge in [0.15, 0.2) is 6.61 Å². The van der Waals surface area contributed by atoms with Gasteiger partial charge < -0.3 is 13.8 Å². The maximum absolute atomic E-state index is 5.85. The predicted molar refractivity (Wildman–Crippen MR) is 94.5 cm³/mol. The number of aromatic nitrogens is 4. The molecule has 0 amide bonds. The van der Waals surface area contributed by atoms with E-state index < -0.39 is 0 Å². The van der Waals surface area contributed by atoms with Crippen LogP contribution in [-0.2, 0) is 13.2 Å². The summed E-state index contributed by atoms with van der Waals surface area (Å²) >= 11 is 5.85. The van der Waals surface area contributed by atoms with Gasteiger partial charge in [0.25, 0.3) is 5.89 Å². The van der Waals surface area contributed by atoms with Gasteiger partial charge in [0.2, 0.25) is 5.82 Å². The summed E-state index contributed by atoms with van der Waals surface area (Å²) in [4.78, 5) is 8.79. The van der Waals surface area contributed by atoms with Crippen LogP contribution in [0.15, 0.2) is 53.3 Å². The molecule has 0 unspecified atom stereocenters. The normalized spacial score (nSPS) is 11.1. The molecule has 0 aliphatic carbocycles. The molecule has 4 rings (SSSR count). The Kier molecular flexibility index (Phi) is 4.11. The van der Waals surface area contributed by atoms with Crippen LogP contribution in [0.1, 0.15) is 12.8 Å². The van der Waals surface area contributed by atoms with Crippen molar-refractivity contribution in [2.24, 2.45) is 0 Å². The number of nitrogens with zero attached hydrogens (tertiary/aromatic N) is 4. The van der Waals surface area contributed by atoms with Gasteiger partial charge in [0.1, 0.15) is 5.75 Å². The summed E-state index contributed by atoms with van der Waals surface area (Å²) < 4.78 is 13.0. The molecule has 126 valence electrons. The highest BCUT2D eigenvalue weighted by Gasteiger charge is 2.11. The zero-order valence-electron chi connectivity index (χ0n) is 13.5. The van der Waals surface area contributed by atoms with E-state index in [1.807, 2.05) is 24.5 Å². The van der Waals surface area contributed by atoms with Crippen LogP contribution in [0.4, 0.5) is 0 Å². The van der Waals surface area contributed by atoms with Gasteiger partial charge in [0, 0.05) is 17.1 Å². The van der Waals surface area contributed by atoms with Crippen LogP contribution in [0, 0.1) is 0 Å². The van der Waals surface area contributed by atoms with Gasteiger partial charge in [-0.05, 0) is 49.4 Å². The lowest BCUT2D eigenvalue weighted by molar-refractivity contribution is 0.243. The van der Waals surface area contributed by atoms with Crippen molar-refractivity contribution in [2.75, 3.05) is 0 Å². The first-order valence-corrected chi connectivity index (χ1v) is 8.27. The Labute approximate surface area is 149 Å². The molecule has 0 atom stereocenters. The van der Waals surface area contributed by atoms with Crippen molar-refractivity contribution in [3.05, 3.63) is 59.7 Å². The van der Waals surface area contributed by atoms with Crippen molar-refractivity contribution in [1.29, 1.82) is 0 Å². The van der Waals surface area contributed by atoms with E-state index in [4.69, 9.17) is 20.9 Å². The number of hydrogen-bond donors (Lipinski definition) is 0. The Balaban J connectivity index is 1.51. The van der Waals surface area contributed by atoms with Gasteiger partial charge in [-0.3, -0.25) is 0 Å². The van der Waals surface area contributed by atoms with Gasteiger partial charge in [0.05, 0.1) is 17.4 Å². The van der Waals surface area contributed by atoms with Crippen LogP contribution < -0.4 is 4.74 Å². The highest BCUT2D eigenvalue weighted by Crippen LogP contribution is 2.22. The Morgan fingerprint density at radius 1 is 1.16 bits per heavy atom. The van der Waals surface area contributed by atoms with E-state index in [1.54, 1.807) is 24.3 Å². The Hall–Kier alpha value is -2.86. The molecule has 6 nitrogen and oxygen atoms in total. The summed E-state index contributed by atoms with van der Waals surface area (Å²) in [5.41, 5.74) is 2.85. The molecule has 2 aromatic heterocycles. The van der Waals surface area contributed by atoms with Crippen molar-refractivity contribution in [1.82, 2.24) is 19.7 Å². The highest BCUT2D eigenvalue weighted by atomic mass is 35.5. The van der Waals surface area contributed by atoms with Crippen molar-refractivity contribution < 1.29 is 9.26 Å². The molecule has 7 heteroatoms. The third kappa shape index (κ3) is 3.21. The molecule has 0 radical (unpaired) electrons. The van der Waals surface area contributed by atoms with Crippen molar-refractivity contribution in [2.45, 2.75) is 20.1 Å². The second-order valence-electron chi connectivity index (χ2n) is 5.49. The number of imidazole rings is 1. The fourth-order valence-electron chi connectivity index (χ4n) is 2.56. The van der Waals surface area contributed by atoms with E-state index in [-0.39, 0.29) is 6.61 Å². The van der Waals surface area contributed by atoms with Gasteiger partial charge in [-0.25, -0.2) is 4.98 Å². The van der Waals surface area contributed by atoms with E-state index in [2.05, 4.69) is 26.6 Å². The molecule has 0 fully saturated rings. The van der Waals surface area contributed by atoms with Crippen LogP contribution in [-0.4, -0.2) is 19.7 Å². The number of aryl methyl sites for hydroxylation is 1. The summed E-state index contributed by atoms with van der Waals surface area (Å²) in [6.45, 7) is 3.16. The molecule has 0 bridgehead atoms. The number of hydrogen-bond acceptors (Lipinski definition) is 5. The van der Waals surface area contributed by atoms with E-state index in [9.17, 15) is 0 Å². The SMILES string of the molecule is CCn1cnc2cc(-c3noc(COc4ccc(Cl)cc4)n3)ccc21. The summed E-state index contributed by atoms with van der Waals surface area (Å²) in [5.74, 6) is 1.61. The number of rotatable bonds is 5. The van der Waals surface area contributed by atoms with E-state index in [1.165, 1.54) is 0 Å². The molecule has 2 aromatic carbocycles. The van der Waals surface area contributed by atoms with Crippen LogP contribution >= 0.6 is 11.6 Å². The second-order valence-corrected chi connectivity index (χ2v) is 5.92. The first-order chi connectivity index (χ1) is 12.2. The molecular weight excluding hydrogens is 340 g/mol. The third-order valence-electron chi connectivity index (χ3n) is 3.86. The van der Waals surface area contributed by atoms with E-state index in [0.717, 1.165) is 23.1 Å². The lowest BCUT2D eigenvalue weighted by Gasteiger charge is -2.02. The number of benzene rings is 2. The van der Waals surface area contributed by atoms with Crippen LogP contribution in [0.5, 0.6) is 5.75 Å². The summed E-state index contributed by atoms with van der Waals surface area (Å²) in [5, 5.41) is 4.69. The minimum Gasteiger partial charge on any atom is -0.484 e. The molecule has 4 aromatic rings. The molecule has 0 saturated heterocycles. The smallest absolute Gasteiger partial charge is 0.264 e. The molecule has 0 N–H and O–H groups in total. The van der Waals surface area contributed by atoms with Crippen LogP contribution in [0.2, 0.25) is 5.02 Å². The molecule has 0 spiro atoms. The van der Waals surface area contributed by atoms with E-state index >= 15 is 0 Å². The fraction of sp³-hybridized carbons (Fsp3) is 0.167. The zero-order valence-corrected chi connectivity index (χ0v) is 14.3. The first-order valence-electron chi connectivity index (χ1n) is 7.89. The van der Waals surface area contributed by atoms with Gasteiger partial charge in [-0.1, -0.05) is 16.8 Å². The number of halogens is 1. The Morgan fingerprint density at radius 3 is 2.80 bits per heavy atom. The predicted octanol–water partition coefficient (Wildman–Crippen LogP) is 4.34. The Bertz CT molecular complexity index is 1010. The van der Waals surface area contributed by atoms with Crippen molar-refractivity contribution in [3.63, 3.8) is 0 Å². The average molecular weight is 355 g/mol. The maximum Gasteiger partial charge on any atom is 0.264 e. The standard InChI is InChI=1S/C18H15ClN4O2/c1-2-23-11-20-15-9-12(3-8-16(15)23)18-21-17(25-22-18)10-24-14-6-4-13(19)5-7-14/h3-9,11H,2,10H2,1H3. The minimum absolute atomic E-state index is 0.196. The maximum atomic E-state index is 5.85. The molecule has 0 aliphatic rings. The lowest BCUT2D eigenvalue weighted by atomic mass is 10.2. The zero-order chi connectivity index (χ0) is 17.2. The summed E-state index contributed by atoms with van der Waals surface area (Å²) in [6.07, 6.45) is 1.83. The summed E-state index contributed by atoms with van der Waals surface area (Å²) in [6, 6.07) is 13.0. The van der Waals surface area contributed by atoms with E-state index in [0.29, 0.717) is 22.5 Å². The first kappa shape index (κ1) is 15.7. The van der Waals surface area contributed by atoms with Crippen molar-refractivity contribution >= 4 is 22.6 Å². The number of ether oxygens (including phenoxy) is 1. The molecule has 2 heterocycles. The molecular formula is C18H15ClN4O2. The monoisotopic (exact) mass is 354 g/mol. The number of fused-ring (bicyclic) bond motifs is 1. The average Bonchev–Trinajstić information content (AvgIpc) is 3.27. The van der Waals surface area contributed by atoms with Gasteiger partial charge >= 0.3 is 0 Å². The minimum atomic E-state index is 0.196.